The van der Waals surface area contributed by atoms with Gasteiger partial charge in [0.25, 0.3) is 0 Å². The molecule has 5 rings (SSSR count). The number of fused-ring (bicyclic) bond motifs is 3. The van der Waals surface area contributed by atoms with E-state index in [2.05, 4.69) is 13.8 Å². The first-order chi connectivity index (χ1) is 12.3. The summed E-state index contributed by atoms with van der Waals surface area (Å²) in [6.45, 7) is 3.77. The maximum absolute atomic E-state index is 12.4. The van der Waals surface area contributed by atoms with E-state index in [1.807, 2.05) is 6.08 Å². The first kappa shape index (κ1) is 16.8. The van der Waals surface area contributed by atoms with Gasteiger partial charge in [0, 0.05) is 5.41 Å². The Kier molecular flexibility index (Phi) is 3.20. The van der Waals surface area contributed by atoms with Crippen molar-refractivity contribution in [1.29, 1.82) is 0 Å². The molecule has 0 amide bonds. The topological polar surface area (TPSA) is 87.1 Å². The van der Waals surface area contributed by atoms with Gasteiger partial charge in [-0.1, -0.05) is 18.6 Å². The molecule has 0 bridgehead atoms. The van der Waals surface area contributed by atoms with E-state index >= 15 is 0 Å². The van der Waals surface area contributed by atoms with E-state index in [9.17, 15) is 19.8 Å². The highest BCUT2D eigenvalue weighted by atomic mass is 16.6. The predicted octanol–water partition coefficient (Wildman–Crippen LogP) is 1.57. The molecular formula is C21H26O5. The Hall–Kier alpha value is -1.30. The van der Waals surface area contributed by atoms with E-state index < -0.39 is 18.6 Å². The number of aliphatic hydroxyl groups is 2. The zero-order valence-electron chi connectivity index (χ0n) is 15.3. The lowest BCUT2D eigenvalue weighted by atomic mass is 9.47. The van der Waals surface area contributed by atoms with Gasteiger partial charge in [0.1, 0.15) is 12.2 Å². The van der Waals surface area contributed by atoms with Gasteiger partial charge in [0.2, 0.25) is 0 Å². The summed E-state index contributed by atoms with van der Waals surface area (Å²) in [4.78, 5) is 24.2. The molecule has 8 atom stereocenters. The molecule has 4 fully saturated rings. The minimum absolute atomic E-state index is 0.0413. The summed E-state index contributed by atoms with van der Waals surface area (Å²) in [7, 11) is 0. The van der Waals surface area contributed by atoms with E-state index in [0.717, 1.165) is 24.8 Å². The molecule has 0 aromatic carbocycles. The molecule has 0 aromatic rings. The maximum atomic E-state index is 12.4. The van der Waals surface area contributed by atoms with Gasteiger partial charge in [0.15, 0.2) is 11.6 Å². The van der Waals surface area contributed by atoms with Crippen molar-refractivity contribution in [2.45, 2.75) is 57.3 Å². The lowest BCUT2D eigenvalue weighted by Gasteiger charge is -2.54. The Balaban J connectivity index is 1.57. The van der Waals surface area contributed by atoms with Gasteiger partial charge >= 0.3 is 0 Å². The van der Waals surface area contributed by atoms with Crippen LogP contribution in [-0.4, -0.2) is 46.2 Å². The summed E-state index contributed by atoms with van der Waals surface area (Å²) in [5.74, 6) is -0.247. The van der Waals surface area contributed by atoms with Crippen LogP contribution in [0.3, 0.4) is 0 Å². The highest BCUT2D eigenvalue weighted by Gasteiger charge is 2.79. The number of hydrogen-bond donors (Lipinski definition) is 2. The summed E-state index contributed by atoms with van der Waals surface area (Å²) in [6, 6.07) is 0. The highest BCUT2D eigenvalue weighted by molar-refractivity contribution is 6.01. The summed E-state index contributed by atoms with van der Waals surface area (Å²) in [5.41, 5.74) is 0.240. The molecule has 26 heavy (non-hydrogen) atoms. The van der Waals surface area contributed by atoms with Crippen molar-refractivity contribution in [1.82, 2.24) is 0 Å². The van der Waals surface area contributed by atoms with E-state index in [4.69, 9.17) is 4.74 Å². The second-order valence-corrected chi connectivity index (χ2v) is 9.37. The fourth-order valence-electron chi connectivity index (χ4n) is 7.34. The average molecular weight is 358 g/mol. The third-order valence-electron chi connectivity index (χ3n) is 8.46. The number of carbonyl (C=O) groups is 2. The Morgan fingerprint density at radius 3 is 2.85 bits per heavy atom. The number of Topliss-reactive ketones (excluding diaryl/α,β-unsaturated/α-hetero) is 1. The second-order valence-electron chi connectivity index (χ2n) is 9.37. The van der Waals surface area contributed by atoms with Gasteiger partial charge < -0.3 is 14.9 Å². The monoisotopic (exact) mass is 358 g/mol. The molecule has 5 heteroatoms. The molecule has 2 N–H and O–H groups in total. The second kappa shape index (κ2) is 4.94. The number of carbonyl (C=O) groups excluding carboxylic acids is 2. The summed E-state index contributed by atoms with van der Waals surface area (Å²) >= 11 is 0. The number of allylic oxidation sites excluding steroid dienone is 2. The molecule has 5 aliphatic rings. The van der Waals surface area contributed by atoms with Crippen molar-refractivity contribution in [3.63, 3.8) is 0 Å². The Morgan fingerprint density at radius 1 is 1.35 bits per heavy atom. The Labute approximate surface area is 153 Å². The maximum Gasteiger partial charge on any atom is 0.178 e. The smallest absolute Gasteiger partial charge is 0.178 e. The summed E-state index contributed by atoms with van der Waals surface area (Å²) in [6.07, 6.45) is 7.92. The zero-order valence-corrected chi connectivity index (χ0v) is 15.3. The largest absolute Gasteiger partial charge is 0.392 e. The van der Waals surface area contributed by atoms with Crippen LogP contribution in [0.15, 0.2) is 23.8 Å². The summed E-state index contributed by atoms with van der Waals surface area (Å²) < 4.78 is 6.42. The van der Waals surface area contributed by atoms with Gasteiger partial charge in [-0.05, 0) is 62.0 Å². The number of ether oxygens (including phenoxy) is 1. The molecule has 0 radical (unpaired) electrons. The van der Waals surface area contributed by atoms with Crippen LogP contribution >= 0.6 is 0 Å². The third kappa shape index (κ3) is 1.73. The van der Waals surface area contributed by atoms with E-state index in [-0.39, 0.29) is 45.9 Å². The Bertz CT molecular complexity index is 768. The highest BCUT2D eigenvalue weighted by Crippen LogP contribution is 2.75. The first-order valence-corrected chi connectivity index (χ1v) is 9.71. The van der Waals surface area contributed by atoms with Gasteiger partial charge in [-0.25, -0.2) is 0 Å². The molecule has 3 saturated carbocycles. The number of ketones is 2. The number of epoxide rings is 1. The van der Waals surface area contributed by atoms with Crippen LogP contribution in [0.4, 0.5) is 0 Å². The van der Waals surface area contributed by atoms with Crippen LogP contribution < -0.4 is 0 Å². The van der Waals surface area contributed by atoms with Crippen molar-refractivity contribution >= 4 is 11.6 Å². The molecule has 1 heterocycles. The van der Waals surface area contributed by atoms with Gasteiger partial charge in [-0.3, -0.25) is 9.59 Å². The van der Waals surface area contributed by atoms with Crippen molar-refractivity contribution in [3.05, 3.63) is 23.8 Å². The zero-order chi connectivity index (χ0) is 18.5. The van der Waals surface area contributed by atoms with Crippen molar-refractivity contribution < 1.29 is 24.5 Å². The van der Waals surface area contributed by atoms with Crippen LogP contribution in [0.5, 0.6) is 0 Å². The third-order valence-corrected chi connectivity index (χ3v) is 8.46. The molecule has 4 aliphatic carbocycles. The van der Waals surface area contributed by atoms with Gasteiger partial charge in [-0.15, -0.1) is 0 Å². The van der Waals surface area contributed by atoms with Crippen molar-refractivity contribution in [2.24, 2.45) is 28.6 Å². The molecular weight excluding hydrogens is 332 g/mol. The lowest BCUT2D eigenvalue weighted by Crippen LogP contribution is -2.57. The Morgan fingerprint density at radius 2 is 2.12 bits per heavy atom. The van der Waals surface area contributed by atoms with E-state index in [1.165, 1.54) is 0 Å². The average Bonchev–Trinajstić information content (AvgIpc) is 3.24. The van der Waals surface area contributed by atoms with Crippen molar-refractivity contribution in [3.8, 4) is 0 Å². The van der Waals surface area contributed by atoms with Crippen LogP contribution in [0.1, 0.15) is 39.5 Å². The van der Waals surface area contributed by atoms with Gasteiger partial charge in [0.05, 0.1) is 18.1 Å². The van der Waals surface area contributed by atoms with Gasteiger partial charge in [-0.2, -0.15) is 0 Å². The standard InChI is InChI=1S/C21H26O5/c1-19-9-17-21(26-17)13(14(19)8-15(24)18(19)16(25)10-22)4-3-11-7-12(23)5-6-20(11,21)2/h5-7,13-15,17-18,22,24H,3-4,8-10H2,1-2H3/t13-,14-,15+,17-,18+,19-,20-,21+/m0/s1. The normalized spacial score (nSPS) is 53.9. The molecule has 1 aliphatic heterocycles. The van der Waals surface area contributed by atoms with Crippen molar-refractivity contribution in [2.75, 3.05) is 6.61 Å². The minimum atomic E-state index is -0.688. The number of aliphatic hydroxyl groups excluding tert-OH is 2. The van der Waals surface area contributed by atoms with Crippen LogP contribution in [0.2, 0.25) is 0 Å². The molecule has 1 saturated heterocycles. The lowest BCUT2D eigenvalue weighted by molar-refractivity contribution is -0.134. The van der Waals surface area contributed by atoms with Crippen LogP contribution in [0, 0.1) is 28.6 Å². The molecule has 5 nitrogen and oxygen atoms in total. The number of hydrogen-bond acceptors (Lipinski definition) is 5. The van der Waals surface area contributed by atoms with E-state index in [1.54, 1.807) is 12.2 Å². The van der Waals surface area contributed by atoms with Crippen LogP contribution in [0.25, 0.3) is 0 Å². The van der Waals surface area contributed by atoms with Crippen LogP contribution in [-0.2, 0) is 14.3 Å². The summed E-state index contributed by atoms with van der Waals surface area (Å²) in [5, 5.41) is 20.1. The quantitative estimate of drug-likeness (QED) is 0.732. The fourth-order valence-corrected chi connectivity index (χ4v) is 7.34. The minimum Gasteiger partial charge on any atom is -0.392 e. The molecule has 1 spiro atoms. The molecule has 0 aromatic heterocycles. The predicted molar refractivity (Wildman–Crippen MR) is 93.1 cm³/mol. The number of rotatable bonds is 2. The molecule has 140 valence electrons. The fraction of sp³-hybridized carbons (Fsp3) is 0.714. The SMILES string of the molecule is C[C@]12C[C@@H]3O[C@]34[C@@H](CCC3=CC(=O)C=C[C@@]34C)[C@@H]1C[C@@H](O)[C@@H]2C(=O)CO. The first-order valence-electron chi connectivity index (χ1n) is 9.71. The molecule has 0 unspecified atom stereocenters. The van der Waals surface area contributed by atoms with E-state index in [0.29, 0.717) is 6.42 Å².